The number of hydrogen-bond donors (Lipinski definition) is 5. The standard InChI is InChI=1S/C50H48N8O6/c1-64-49(62)56-43(37-12-6-3-7-13-37)47(60)58-29-9-15-41(58)45-52-31-39(54-45)35-24-20-33(21-25-35)17-16-32-18-22-34(23-19-32)38-30-51-44(53-38)40-14-8-28-57(40)46(59)42(36-10-4-2-5-11-36)55-48(61)50(63)26-27-50/h2-7,10-13,18-25,30-31,40-43,63H,8-9,14-15,26-29H2,1H3,(H,51,53)(H,52,54)(H,55,61)(H,56,62). The quantitative estimate of drug-likeness (QED) is 0.0895. The third kappa shape index (κ3) is 8.89. The number of H-pyrrole nitrogens is 2. The summed E-state index contributed by atoms with van der Waals surface area (Å²) in [6.45, 7) is 1.07. The number of benzene rings is 4. The first kappa shape index (κ1) is 41.8. The molecule has 0 spiro atoms. The molecular weight excluding hydrogens is 809 g/mol. The molecule has 2 saturated heterocycles. The van der Waals surface area contributed by atoms with Crippen LogP contribution in [0.3, 0.4) is 0 Å². The molecule has 1 saturated carbocycles. The second kappa shape index (κ2) is 18.1. The van der Waals surface area contributed by atoms with Crippen LogP contribution in [-0.4, -0.2) is 84.5 Å². The van der Waals surface area contributed by atoms with Crippen molar-refractivity contribution >= 4 is 23.8 Å². The molecule has 3 fully saturated rings. The lowest BCUT2D eigenvalue weighted by Crippen LogP contribution is -2.46. The van der Waals surface area contributed by atoms with Crippen molar-refractivity contribution in [2.24, 2.45) is 0 Å². The van der Waals surface area contributed by atoms with Gasteiger partial charge in [-0.15, -0.1) is 0 Å². The van der Waals surface area contributed by atoms with Gasteiger partial charge in [-0.2, -0.15) is 0 Å². The Bertz CT molecular complexity index is 2700. The van der Waals surface area contributed by atoms with Crippen LogP contribution in [0.15, 0.2) is 122 Å². The highest BCUT2D eigenvalue weighted by Gasteiger charge is 2.49. The minimum Gasteiger partial charge on any atom is -0.453 e. The van der Waals surface area contributed by atoms with Gasteiger partial charge in [0.1, 0.15) is 29.3 Å². The normalized spacial score (nSPS) is 18.3. The van der Waals surface area contributed by atoms with Crippen LogP contribution in [0.2, 0.25) is 0 Å². The van der Waals surface area contributed by atoms with Gasteiger partial charge < -0.3 is 40.2 Å². The number of carbonyl (C=O) groups is 4. The van der Waals surface area contributed by atoms with Crippen molar-refractivity contribution in [2.75, 3.05) is 20.2 Å². The summed E-state index contributed by atoms with van der Waals surface area (Å²) in [4.78, 5) is 72.8. The third-order valence-electron chi connectivity index (χ3n) is 12.3. The molecule has 64 heavy (non-hydrogen) atoms. The number of rotatable bonds is 11. The third-order valence-corrected chi connectivity index (χ3v) is 12.3. The second-order valence-corrected chi connectivity index (χ2v) is 16.5. The number of carbonyl (C=O) groups excluding carboxylic acids is 4. The van der Waals surface area contributed by atoms with Gasteiger partial charge >= 0.3 is 6.09 Å². The first-order valence-electron chi connectivity index (χ1n) is 21.6. The number of hydrogen-bond acceptors (Lipinski definition) is 8. The van der Waals surface area contributed by atoms with Gasteiger partial charge in [-0.05, 0) is 85.0 Å². The van der Waals surface area contributed by atoms with Crippen molar-refractivity contribution in [1.82, 2.24) is 40.4 Å². The Morgan fingerprint density at radius 3 is 1.53 bits per heavy atom. The molecule has 4 heterocycles. The summed E-state index contributed by atoms with van der Waals surface area (Å²) in [5, 5.41) is 16.0. The van der Waals surface area contributed by atoms with Gasteiger partial charge in [0, 0.05) is 24.2 Å². The van der Waals surface area contributed by atoms with Crippen LogP contribution in [0, 0.1) is 11.8 Å². The van der Waals surface area contributed by atoms with Crippen LogP contribution in [-0.2, 0) is 19.1 Å². The van der Waals surface area contributed by atoms with Gasteiger partial charge in [-0.3, -0.25) is 14.4 Å². The van der Waals surface area contributed by atoms with Crippen LogP contribution in [0.4, 0.5) is 4.79 Å². The van der Waals surface area contributed by atoms with Gasteiger partial charge in [0.2, 0.25) is 5.91 Å². The van der Waals surface area contributed by atoms with E-state index in [1.807, 2.05) is 109 Å². The van der Waals surface area contributed by atoms with Crippen molar-refractivity contribution in [3.63, 3.8) is 0 Å². The number of likely N-dealkylation sites (tertiary alicyclic amines) is 2. The van der Waals surface area contributed by atoms with E-state index in [-0.39, 0.29) is 23.9 Å². The summed E-state index contributed by atoms with van der Waals surface area (Å²) < 4.78 is 4.82. The highest BCUT2D eigenvalue weighted by Crippen LogP contribution is 2.38. The van der Waals surface area contributed by atoms with Crippen LogP contribution in [0.5, 0.6) is 0 Å². The molecule has 324 valence electrons. The summed E-state index contributed by atoms with van der Waals surface area (Å²) in [5.74, 6) is 6.89. The molecule has 0 radical (unpaired) electrons. The Hall–Kier alpha value is -7.50. The largest absolute Gasteiger partial charge is 0.453 e. The van der Waals surface area contributed by atoms with E-state index in [1.54, 1.807) is 22.2 Å². The van der Waals surface area contributed by atoms with E-state index in [0.717, 1.165) is 59.3 Å². The zero-order valence-corrected chi connectivity index (χ0v) is 35.3. The first-order chi connectivity index (χ1) is 31.2. The number of methoxy groups -OCH3 is 1. The van der Waals surface area contributed by atoms with Crippen molar-refractivity contribution in [1.29, 1.82) is 0 Å². The average molecular weight is 857 g/mol. The molecule has 3 aliphatic rings. The molecule has 2 aromatic heterocycles. The predicted molar refractivity (Wildman–Crippen MR) is 238 cm³/mol. The minimum absolute atomic E-state index is 0.222. The minimum atomic E-state index is -1.40. The van der Waals surface area contributed by atoms with Crippen molar-refractivity contribution in [2.45, 2.75) is 68.3 Å². The lowest BCUT2D eigenvalue weighted by atomic mass is 10.0. The van der Waals surface area contributed by atoms with Crippen LogP contribution in [0.25, 0.3) is 22.5 Å². The molecule has 9 rings (SSSR count). The van der Waals surface area contributed by atoms with Gasteiger partial charge in [-0.25, -0.2) is 14.8 Å². The molecule has 1 aliphatic carbocycles. The summed E-state index contributed by atoms with van der Waals surface area (Å²) in [5.41, 5.74) is 5.11. The highest BCUT2D eigenvalue weighted by molar-refractivity contribution is 5.94. The smallest absolute Gasteiger partial charge is 0.407 e. The Morgan fingerprint density at radius 1 is 0.672 bits per heavy atom. The van der Waals surface area contributed by atoms with Crippen molar-refractivity contribution in [3.05, 3.63) is 155 Å². The number of alkyl carbamates (subject to hydrolysis) is 1. The topological polar surface area (TPSA) is 186 Å². The molecule has 14 nitrogen and oxygen atoms in total. The summed E-state index contributed by atoms with van der Waals surface area (Å²) in [6, 6.07) is 31.7. The number of amides is 4. The molecule has 0 bridgehead atoms. The Morgan fingerprint density at radius 2 is 1.11 bits per heavy atom. The zero-order chi connectivity index (χ0) is 44.2. The molecule has 14 heteroatoms. The first-order valence-corrected chi connectivity index (χ1v) is 21.6. The van der Waals surface area contributed by atoms with Gasteiger partial charge in [-0.1, -0.05) is 96.8 Å². The molecule has 4 aromatic carbocycles. The number of aromatic amines is 2. The fraction of sp³-hybridized carbons (Fsp3) is 0.280. The SMILES string of the molecule is COC(=O)NC(C(=O)N1CCCC1c1ncc(-c2ccc(C#Cc3ccc(-c4cnc(C5CCCN5C(=O)C(NC(=O)C5(O)CC5)c5ccccc5)[nH]4)cc3)cc2)[nH]1)c1ccccc1. The number of nitrogens with zero attached hydrogens (tertiary/aromatic N) is 4. The molecule has 4 unspecified atom stereocenters. The van der Waals surface area contributed by atoms with Crippen molar-refractivity contribution < 1.29 is 29.0 Å². The monoisotopic (exact) mass is 856 g/mol. The maximum absolute atomic E-state index is 14.1. The molecule has 2 aliphatic heterocycles. The molecule has 4 amide bonds. The Labute approximate surface area is 370 Å². The average Bonchev–Trinajstić information content (AvgIpc) is 3.95. The van der Waals surface area contributed by atoms with E-state index in [9.17, 15) is 24.3 Å². The summed E-state index contributed by atoms with van der Waals surface area (Å²) in [7, 11) is 1.28. The number of aliphatic hydroxyl groups is 1. The molecule has 4 atom stereocenters. The number of imidazole rings is 2. The fourth-order valence-electron chi connectivity index (χ4n) is 8.53. The highest BCUT2D eigenvalue weighted by atomic mass is 16.5. The van der Waals surface area contributed by atoms with E-state index in [1.165, 1.54) is 7.11 Å². The second-order valence-electron chi connectivity index (χ2n) is 16.5. The lowest BCUT2D eigenvalue weighted by molar-refractivity contribution is -0.140. The Kier molecular flexibility index (Phi) is 11.8. The van der Waals surface area contributed by atoms with Crippen LogP contribution in [0.1, 0.15) is 96.6 Å². The van der Waals surface area contributed by atoms with Crippen LogP contribution >= 0.6 is 0 Å². The van der Waals surface area contributed by atoms with Crippen LogP contribution < -0.4 is 10.6 Å². The van der Waals surface area contributed by atoms with E-state index in [4.69, 9.17) is 9.72 Å². The number of aromatic nitrogens is 4. The maximum Gasteiger partial charge on any atom is 0.407 e. The zero-order valence-electron chi connectivity index (χ0n) is 35.3. The number of nitrogens with one attached hydrogen (secondary N) is 4. The fourth-order valence-corrected chi connectivity index (χ4v) is 8.53. The maximum atomic E-state index is 14.1. The van der Waals surface area contributed by atoms with Gasteiger partial charge in [0.15, 0.2) is 0 Å². The van der Waals surface area contributed by atoms with E-state index < -0.39 is 29.7 Å². The summed E-state index contributed by atoms with van der Waals surface area (Å²) in [6.07, 6.45) is 6.72. The van der Waals surface area contributed by atoms with E-state index >= 15 is 0 Å². The summed E-state index contributed by atoms with van der Waals surface area (Å²) >= 11 is 0. The van der Waals surface area contributed by atoms with Gasteiger partial charge in [0.25, 0.3) is 11.8 Å². The lowest BCUT2D eigenvalue weighted by Gasteiger charge is -2.29. The van der Waals surface area contributed by atoms with E-state index in [0.29, 0.717) is 48.7 Å². The Balaban J connectivity index is 0.833. The number of ether oxygens (including phenoxy) is 1. The predicted octanol–water partition coefficient (Wildman–Crippen LogP) is 6.67. The van der Waals surface area contributed by atoms with E-state index in [2.05, 4.69) is 37.4 Å². The molecule has 5 N–H and O–H groups in total. The van der Waals surface area contributed by atoms with Crippen molar-refractivity contribution in [3.8, 4) is 34.4 Å². The molecule has 6 aromatic rings. The van der Waals surface area contributed by atoms with Gasteiger partial charge in [0.05, 0.1) is 43.0 Å². The molecular formula is C50H48N8O6.